The molecule has 0 radical (unpaired) electrons. The maximum Gasteiger partial charge on any atom is 0.254 e. The van der Waals surface area contributed by atoms with Gasteiger partial charge in [-0.3, -0.25) is 9.59 Å². The molecule has 4 nitrogen and oxygen atoms in total. The van der Waals surface area contributed by atoms with Crippen molar-refractivity contribution in [1.82, 2.24) is 4.90 Å². The number of piperidine rings is 1. The van der Waals surface area contributed by atoms with Crippen molar-refractivity contribution in [2.75, 3.05) is 18.4 Å². The molecule has 1 heterocycles. The van der Waals surface area contributed by atoms with Gasteiger partial charge in [0, 0.05) is 33.8 Å². The number of benzene rings is 2. The first-order valence-corrected chi connectivity index (χ1v) is 9.54. The van der Waals surface area contributed by atoms with Gasteiger partial charge in [0.2, 0.25) is 5.91 Å². The summed E-state index contributed by atoms with van der Waals surface area (Å²) in [7, 11) is 0. The van der Waals surface area contributed by atoms with Crippen LogP contribution in [0.2, 0.25) is 0 Å². The molecule has 0 spiro atoms. The van der Waals surface area contributed by atoms with Crippen LogP contribution in [-0.4, -0.2) is 29.8 Å². The van der Waals surface area contributed by atoms with Crippen molar-refractivity contribution >= 4 is 40.1 Å². The van der Waals surface area contributed by atoms with Crippen LogP contribution in [0.15, 0.2) is 48.5 Å². The van der Waals surface area contributed by atoms with Gasteiger partial charge < -0.3 is 10.2 Å². The van der Waals surface area contributed by atoms with E-state index in [9.17, 15) is 9.59 Å². The Morgan fingerprint density at radius 3 is 2.48 bits per heavy atom. The summed E-state index contributed by atoms with van der Waals surface area (Å²) in [5.74, 6) is 0.0679. The average molecular weight is 448 g/mol. The average Bonchev–Trinajstić information content (AvgIpc) is 2.62. The van der Waals surface area contributed by atoms with Crippen LogP contribution in [0.4, 0.5) is 5.69 Å². The van der Waals surface area contributed by atoms with E-state index in [-0.39, 0.29) is 17.7 Å². The fraction of sp³-hybridized carbons (Fsp3) is 0.300. The van der Waals surface area contributed by atoms with Gasteiger partial charge >= 0.3 is 0 Å². The van der Waals surface area contributed by atoms with Gasteiger partial charge in [0.25, 0.3) is 5.91 Å². The number of hydrogen-bond donors (Lipinski definition) is 1. The zero-order valence-corrected chi connectivity index (χ0v) is 16.3. The van der Waals surface area contributed by atoms with Crippen LogP contribution in [0.1, 0.15) is 28.8 Å². The maximum absolute atomic E-state index is 12.7. The third-order valence-corrected chi connectivity index (χ3v) is 5.29. The predicted molar refractivity (Wildman–Crippen MR) is 108 cm³/mol. The second kappa shape index (κ2) is 7.99. The zero-order valence-electron chi connectivity index (χ0n) is 14.2. The van der Waals surface area contributed by atoms with E-state index in [4.69, 9.17) is 0 Å². The van der Waals surface area contributed by atoms with Crippen molar-refractivity contribution in [3.05, 3.63) is 63.2 Å². The molecule has 130 valence electrons. The molecule has 1 saturated heterocycles. The summed E-state index contributed by atoms with van der Waals surface area (Å²) < 4.78 is 1.09. The van der Waals surface area contributed by atoms with E-state index in [1.165, 1.54) is 0 Å². The minimum Gasteiger partial charge on any atom is -0.339 e. The number of nitrogens with zero attached hydrogens (tertiary/aromatic N) is 1. The highest BCUT2D eigenvalue weighted by Crippen LogP contribution is 2.22. The third-order valence-electron chi connectivity index (χ3n) is 4.62. The molecule has 0 bridgehead atoms. The highest BCUT2D eigenvalue weighted by atomic mass is 127. The van der Waals surface area contributed by atoms with Crippen LogP contribution >= 0.6 is 22.6 Å². The molecule has 0 aromatic heterocycles. The molecule has 1 aliphatic rings. The number of rotatable bonds is 3. The van der Waals surface area contributed by atoms with Crippen LogP contribution in [0.3, 0.4) is 0 Å². The van der Waals surface area contributed by atoms with Crippen LogP contribution < -0.4 is 5.32 Å². The normalized spacial score (nSPS) is 15.0. The highest BCUT2D eigenvalue weighted by Gasteiger charge is 2.28. The summed E-state index contributed by atoms with van der Waals surface area (Å²) in [6.45, 7) is 3.20. The maximum atomic E-state index is 12.7. The Bertz CT molecular complexity index is 783. The molecule has 2 amide bonds. The lowest BCUT2D eigenvalue weighted by molar-refractivity contribution is -0.121. The number of anilines is 1. The molecular formula is C20H21IN2O2. The Hall–Kier alpha value is -1.89. The smallest absolute Gasteiger partial charge is 0.254 e. The van der Waals surface area contributed by atoms with Crippen LogP contribution in [0, 0.1) is 16.4 Å². The van der Waals surface area contributed by atoms with E-state index in [0.29, 0.717) is 25.9 Å². The minimum absolute atomic E-state index is 0.0428. The molecule has 2 aromatic carbocycles. The van der Waals surface area contributed by atoms with E-state index in [0.717, 1.165) is 20.4 Å². The number of carbonyl (C=O) groups excluding carboxylic acids is 2. The van der Waals surface area contributed by atoms with Gasteiger partial charge in [-0.1, -0.05) is 24.3 Å². The first-order chi connectivity index (χ1) is 12.0. The Balaban J connectivity index is 1.57. The molecule has 2 aromatic rings. The monoisotopic (exact) mass is 448 g/mol. The lowest BCUT2D eigenvalue weighted by Gasteiger charge is -2.31. The van der Waals surface area contributed by atoms with Gasteiger partial charge in [0.15, 0.2) is 0 Å². The van der Waals surface area contributed by atoms with E-state index in [2.05, 4.69) is 27.9 Å². The molecule has 25 heavy (non-hydrogen) atoms. The van der Waals surface area contributed by atoms with Gasteiger partial charge in [-0.05, 0) is 72.2 Å². The van der Waals surface area contributed by atoms with Crippen LogP contribution in [0.5, 0.6) is 0 Å². The SMILES string of the molecule is Cc1ccccc1C(=O)N1CCC(C(=O)Nc2cccc(I)c2)CC1. The van der Waals surface area contributed by atoms with Crippen molar-refractivity contribution in [2.24, 2.45) is 5.92 Å². The van der Waals surface area contributed by atoms with Crippen molar-refractivity contribution < 1.29 is 9.59 Å². The number of aryl methyl sites for hydroxylation is 1. The largest absolute Gasteiger partial charge is 0.339 e. The lowest BCUT2D eigenvalue weighted by atomic mass is 9.95. The molecule has 3 rings (SSSR count). The van der Waals surface area contributed by atoms with E-state index >= 15 is 0 Å². The van der Waals surface area contributed by atoms with Gasteiger partial charge in [-0.2, -0.15) is 0 Å². The predicted octanol–water partition coefficient (Wildman–Crippen LogP) is 4.09. The molecule has 1 fully saturated rings. The fourth-order valence-corrected chi connectivity index (χ4v) is 3.68. The summed E-state index contributed by atoms with van der Waals surface area (Å²) in [4.78, 5) is 27.0. The van der Waals surface area contributed by atoms with E-state index in [1.807, 2.05) is 60.4 Å². The first-order valence-electron chi connectivity index (χ1n) is 8.46. The summed E-state index contributed by atoms with van der Waals surface area (Å²) in [6, 6.07) is 15.4. The number of likely N-dealkylation sites (tertiary alicyclic amines) is 1. The molecule has 1 N–H and O–H groups in total. The third kappa shape index (κ3) is 4.39. The zero-order chi connectivity index (χ0) is 17.8. The molecule has 0 aliphatic carbocycles. The molecule has 0 unspecified atom stereocenters. The molecule has 0 saturated carbocycles. The van der Waals surface area contributed by atoms with Crippen molar-refractivity contribution in [1.29, 1.82) is 0 Å². The summed E-state index contributed by atoms with van der Waals surface area (Å²) in [6.07, 6.45) is 1.40. The molecular weight excluding hydrogens is 427 g/mol. The van der Waals surface area contributed by atoms with Crippen molar-refractivity contribution in [2.45, 2.75) is 19.8 Å². The molecule has 0 atom stereocenters. The summed E-state index contributed by atoms with van der Waals surface area (Å²) in [5, 5.41) is 2.99. The lowest BCUT2D eigenvalue weighted by Crippen LogP contribution is -2.41. The number of nitrogens with one attached hydrogen (secondary N) is 1. The molecule has 1 aliphatic heterocycles. The van der Waals surface area contributed by atoms with Gasteiger partial charge in [0.1, 0.15) is 0 Å². The Morgan fingerprint density at radius 2 is 1.80 bits per heavy atom. The van der Waals surface area contributed by atoms with Gasteiger partial charge in [-0.25, -0.2) is 0 Å². The van der Waals surface area contributed by atoms with E-state index < -0.39 is 0 Å². The Morgan fingerprint density at radius 1 is 1.08 bits per heavy atom. The van der Waals surface area contributed by atoms with Gasteiger partial charge in [0.05, 0.1) is 0 Å². The second-order valence-electron chi connectivity index (χ2n) is 6.38. The number of amides is 2. The molecule has 5 heteroatoms. The fourth-order valence-electron chi connectivity index (χ4n) is 3.14. The van der Waals surface area contributed by atoms with Crippen molar-refractivity contribution in [3.63, 3.8) is 0 Å². The van der Waals surface area contributed by atoms with Crippen LogP contribution in [0.25, 0.3) is 0 Å². The van der Waals surface area contributed by atoms with Gasteiger partial charge in [-0.15, -0.1) is 0 Å². The number of hydrogen-bond acceptors (Lipinski definition) is 2. The minimum atomic E-state index is -0.0428. The standard InChI is InChI=1S/C20H21IN2O2/c1-14-5-2-3-8-18(14)20(25)23-11-9-15(10-12-23)19(24)22-17-7-4-6-16(21)13-17/h2-8,13,15H,9-12H2,1H3,(H,22,24). The van der Waals surface area contributed by atoms with Crippen LogP contribution in [-0.2, 0) is 4.79 Å². The highest BCUT2D eigenvalue weighted by molar-refractivity contribution is 14.1. The number of carbonyl (C=O) groups is 2. The summed E-state index contributed by atoms with van der Waals surface area (Å²) >= 11 is 2.23. The summed E-state index contributed by atoms with van der Waals surface area (Å²) in [5.41, 5.74) is 2.57. The second-order valence-corrected chi connectivity index (χ2v) is 7.63. The quantitative estimate of drug-likeness (QED) is 0.720. The Labute approximate surface area is 161 Å². The van der Waals surface area contributed by atoms with E-state index in [1.54, 1.807) is 0 Å². The first kappa shape index (κ1) is 17.9. The van der Waals surface area contributed by atoms with Crippen molar-refractivity contribution in [3.8, 4) is 0 Å². The topological polar surface area (TPSA) is 49.4 Å². The Kier molecular flexibility index (Phi) is 5.73. The number of halogens is 1.